The quantitative estimate of drug-likeness (QED) is 0.903. The normalized spacial score (nSPS) is 30.0. The molecule has 0 bridgehead atoms. The van der Waals surface area contributed by atoms with Crippen molar-refractivity contribution in [2.24, 2.45) is 11.3 Å². The molecule has 0 amide bonds. The Bertz CT molecular complexity index is 489. The zero-order valence-electron chi connectivity index (χ0n) is 13.7. The van der Waals surface area contributed by atoms with Crippen LogP contribution < -0.4 is 5.32 Å². The van der Waals surface area contributed by atoms with E-state index in [-0.39, 0.29) is 11.0 Å². The molecule has 1 N–H and O–H groups in total. The Kier molecular flexibility index (Phi) is 4.15. The first kappa shape index (κ1) is 15.4. The van der Waals surface area contributed by atoms with Crippen molar-refractivity contribution in [2.75, 3.05) is 13.2 Å². The van der Waals surface area contributed by atoms with E-state index in [1.807, 2.05) is 11.3 Å². The number of nitrogens with zero attached hydrogens (tertiary/aromatic N) is 1. The summed E-state index contributed by atoms with van der Waals surface area (Å²) in [6, 6.07) is 0. The van der Waals surface area contributed by atoms with Gasteiger partial charge in [0.1, 0.15) is 0 Å². The predicted octanol–water partition coefficient (Wildman–Crippen LogP) is 3.57. The van der Waals surface area contributed by atoms with Gasteiger partial charge in [0.05, 0.1) is 11.1 Å². The SMILES string of the molecule is Cc1ncc(CC2(CNC(C)(C)C)CCOC2C2CC2)s1. The van der Waals surface area contributed by atoms with Gasteiger partial charge in [0.15, 0.2) is 0 Å². The molecule has 4 heteroatoms. The van der Waals surface area contributed by atoms with E-state index >= 15 is 0 Å². The predicted molar refractivity (Wildman–Crippen MR) is 87.8 cm³/mol. The summed E-state index contributed by atoms with van der Waals surface area (Å²) in [5.74, 6) is 0.795. The van der Waals surface area contributed by atoms with Gasteiger partial charge in [0.25, 0.3) is 0 Å². The zero-order chi connectivity index (χ0) is 15.1. The number of nitrogens with one attached hydrogen (secondary N) is 1. The summed E-state index contributed by atoms with van der Waals surface area (Å²) in [4.78, 5) is 5.86. The molecule has 0 radical (unpaired) electrons. The highest BCUT2D eigenvalue weighted by atomic mass is 32.1. The fourth-order valence-corrected chi connectivity index (χ4v) is 4.41. The summed E-state index contributed by atoms with van der Waals surface area (Å²) in [6.45, 7) is 10.8. The zero-order valence-corrected chi connectivity index (χ0v) is 14.6. The third kappa shape index (κ3) is 3.66. The molecule has 2 heterocycles. The average Bonchev–Trinajstić information content (AvgIpc) is 3.03. The molecule has 1 aliphatic carbocycles. The van der Waals surface area contributed by atoms with Crippen molar-refractivity contribution in [3.63, 3.8) is 0 Å². The summed E-state index contributed by atoms with van der Waals surface area (Å²) in [6.07, 6.45) is 7.50. The van der Waals surface area contributed by atoms with Gasteiger partial charge in [0.2, 0.25) is 0 Å². The number of ether oxygens (including phenoxy) is 1. The van der Waals surface area contributed by atoms with Crippen LogP contribution in [0.4, 0.5) is 0 Å². The van der Waals surface area contributed by atoms with E-state index in [0.717, 1.165) is 25.5 Å². The molecule has 1 aromatic heterocycles. The standard InChI is InChI=1S/C17H28N2OS/c1-12-18-10-14(21-12)9-17(11-19-16(2,3)4)7-8-20-15(17)13-5-6-13/h10,13,15,19H,5-9,11H2,1-4H3. The number of hydrogen-bond acceptors (Lipinski definition) is 4. The maximum Gasteiger partial charge on any atom is 0.0896 e. The summed E-state index contributed by atoms with van der Waals surface area (Å²) >= 11 is 1.85. The number of hydrogen-bond donors (Lipinski definition) is 1. The molecule has 1 saturated heterocycles. The molecule has 1 aromatic rings. The van der Waals surface area contributed by atoms with E-state index in [9.17, 15) is 0 Å². The van der Waals surface area contributed by atoms with E-state index in [2.05, 4.69) is 44.2 Å². The second kappa shape index (κ2) is 5.64. The van der Waals surface area contributed by atoms with Gasteiger partial charge >= 0.3 is 0 Å². The Morgan fingerprint density at radius 1 is 1.43 bits per heavy atom. The van der Waals surface area contributed by atoms with Crippen LogP contribution in [0.3, 0.4) is 0 Å². The van der Waals surface area contributed by atoms with Crippen LogP contribution in [0, 0.1) is 18.3 Å². The van der Waals surface area contributed by atoms with Crippen molar-refractivity contribution >= 4 is 11.3 Å². The van der Waals surface area contributed by atoms with Crippen LogP contribution in [0.1, 0.15) is 49.9 Å². The maximum absolute atomic E-state index is 6.18. The Balaban J connectivity index is 1.79. The molecule has 2 aliphatic rings. The lowest BCUT2D eigenvalue weighted by Gasteiger charge is -2.37. The lowest BCUT2D eigenvalue weighted by Crippen LogP contribution is -2.49. The molecular formula is C17H28N2OS. The first-order chi connectivity index (χ1) is 9.88. The third-order valence-electron chi connectivity index (χ3n) is 4.72. The van der Waals surface area contributed by atoms with Crippen molar-refractivity contribution in [3.05, 3.63) is 16.1 Å². The van der Waals surface area contributed by atoms with Gasteiger partial charge in [-0.3, -0.25) is 0 Å². The van der Waals surface area contributed by atoms with Crippen LogP contribution in [0.15, 0.2) is 6.20 Å². The number of aryl methyl sites for hydroxylation is 1. The Morgan fingerprint density at radius 3 is 2.76 bits per heavy atom. The molecule has 1 saturated carbocycles. The number of rotatable bonds is 5. The minimum Gasteiger partial charge on any atom is -0.377 e. The van der Waals surface area contributed by atoms with Gasteiger partial charge in [-0.15, -0.1) is 11.3 Å². The fraction of sp³-hybridized carbons (Fsp3) is 0.824. The van der Waals surface area contributed by atoms with Gasteiger partial charge in [-0.2, -0.15) is 0 Å². The van der Waals surface area contributed by atoms with E-state index in [1.54, 1.807) is 0 Å². The number of aromatic nitrogens is 1. The van der Waals surface area contributed by atoms with Crippen LogP contribution in [-0.4, -0.2) is 29.8 Å². The van der Waals surface area contributed by atoms with Gasteiger partial charge in [-0.1, -0.05) is 0 Å². The van der Waals surface area contributed by atoms with Crippen LogP contribution in [0.5, 0.6) is 0 Å². The van der Waals surface area contributed by atoms with E-state index in [1.165, 1.54) is 29.1 Å². The highest BCUT2D eigenvalue weighted by molar-refractivity contribution is 7.11. The molecule has 2 fully saturated rings. The van der Waals surface area contributed by atoms with Gasteiger partial charge < -0.3 is 10.1 Å². The molecule has 118 valence electrons. The van der Waals surface area contributed by atoms with Gasteiger partial charge in [-0.25, -0.2) is 4.98 Å². The Labute approximate surface area is 132 Å². The summed E-state index contributed by atoms with van der Waals surface area (Å²) in [5, 5.41) is 4.92. The van der Waals surface area contributed by atoms with Crippen LogP contribution in [0.2, 0.25) is 0 Å². The Morgan fingerprint density at radius 2 is 2.19 bits per heavy atom. The molecule has 2 atom stereocenters. The lowest BCUT2D eigenvalue weighted by atomic mass is 9.75. The molecule has 0 spiro atoms. The highest BCUT2D eigenvalue weighted by Crippen LogP contribution is 2.49. The second-order valence-corrected chi connectivity index (χ2v) is 9.19. The van der Waals surface area contributed by atoms with E-state index in [4.69, 9.17) is 4.74 Å². The van der Waals surface area contributed by atoms with E-state index < -0.39 is 0 Å². The van der Waals surface area contributed by atoms with Crippen LogP contribution in [-0.2, 0) is 11.2 Å². The molecule has 0 aromatic carbocycles. The first-order valence-corrected chi connectivity index (χ1v) is 8.98. The summed E-state index contributed by atoms with van der Waals surface area (Å²) < 4.78 is 6.18. The van der Waals surface area contributed by atoms with Crippen molar-refractivity contribution in [1.29, 1.82) is 0 Å². The molecule has 3 rings (SSSR count). The molecule has 2 unspecified atom stereocenters. The topological polar surface area (TPSA) is 34.2 Å². The highest BCUT2D eigenvalue weighted by Gasteiger charge is 2.51. The minimum absolute atomic E-state index is 0.160. The maximum atomic E-state index is 6.18. The van der Waals surface area contributed by atoms with E-state index in [0.29, 0.717) is 6.10 Å². The smallest absolute Gasteiger partial charge is 0.0896 e. The Hall–Kier alpha value is -0.450. The summed E-state index contributed by atoms with van der Waals surface area (Å²) in [7, 11) is 0. The second-order valence-electron chi connectivity index (χ2n) is 7.87. The minimum atomic E-state index is 0.160. The van der Waals surface area contributed by atoms with Crippen LogP contribution >= 0.6 is 11.3 Å². The molecule has 1 aliphatic heterocycles. The van der Waals surface area contributed by atoms with Crippen molar-refractivity contribution in [1.82, 2.24) is 10.3 Å². The molecule has 3 nitrogen and oxygen atoms in total. The van der Waals surface area contributed by atoms with Crippen molar-refractivity contribution in [3.8, 4) is 0 Å². The average molecular weight is 308 g/mol. The largest absolute Gasteiger partial charge is 0.377 e. The first-order valence-electron chi connectivity index (χ1n) is 8.16. The van der Waals surface area contributed by atoms with Crippen molar-refractivity contribution in [2.45, 2.75) is 65.0 Å². The molecular weight excluding hydrogens is 280 g/mol. The fourth-order valence-electron chi connectivity index (χ4n) is 3.46. The third-order valence-corrected chi connectivity index (χ3v) is 5.63. The number of thiazole rings is 1. The van der Waals surface area contributed by atoms with Gasteiger partial charge in [-0.05, 0) is 59.3 Å². The van der Waals surface area contributed by atoms with Crippen molar-refractivity contribution < 1.29 is 4.74 Å². The van der Waals surface area contributed by atoms with Gasteiger partial charge in [0, 0.05) is 35.2 Å². The monoisotopic (exact) mass is 308 g/mol. The molecule has 21 heavy (non-hydrogen) atoms. The lowest BCUT2D eigenvalue weighted by molar-refractivity contribution is 0.0283. The summed E-state index contributed by atoms with van der Waals surface area (Å²) in [5.41, 5.74) is 0.417. The van der Waals surface area contributed by atoms with Crippen LogP contribution in [0.25, 0.3) is 0 Å².